The van der Waals surface area contributed by atoms with Crippen molar-refractivity contribution in [3.8, 4) is 0 Å². The second kappa shape index (κ2) is 6.19. The normalized spacial score (nSPS) is 12.4. The Labute approximate surface area is 96.8 Å². The van der Waals surface area contributed by atoms with Gasteiger partial charge in [0, 0.05) is 11.4 Å². The smallest absolute Gasteiger partial charge is 0.261 e. The number of hydrogen-bond acceptors (Lipinski definition) is 2. The monoisotopic (exact) mass is 275 g/mol. The summed E-state index contributed by atoms with van der Waals surface area (Å²) in [6, 6.07) is 4.02. The topological polar surface area (TPSA) is 29.1 Å². The molecule has 0 radical (unpaired) electrons. The minimum absolute atomic E-state index is 0.0489. The van der Waals surface area contributed by atoms with Crippen molar-refractivity contribution in [2.24, 2.45) is 0 Å². The van der Waals surface area contributed by atoms with E-state index in [0.717, 1.165) is 23.0 Å². The number of amides is 1. The summed E-state index contributed by atoms with van der Waals surface area (Å²) in [6.45, 7) is 2.09. The van der Waals surface area contributed by atoms with E-state index in [-0.39, 0.29) is 11.9 Å². The molecule has 0 saturated heterocycles. The molecule has 0 aromatic carbocycles. The van der Waals surface area contributed by atoms with E-state index in [0.29, 0.717) is 0 Å². The van der Waals surface area contributed by atoms with Crippen molar-refractivity contribution < 1.29 is 4.79 Å². The highest BCUT2D eigenvalue weighted by Crippen LogP contribution is 2.09. The fraction of sp³-hybridized carbons (Fsp3) is 0.500. The molecule has 0 saturated carbocycles. The molecule has 1 amide bonds. The Morgan fingerprint density at radius 3 is 3.00 bits per heavy atom. The van der Waals surface area contributed by atoms with E-state index in [4.69, 9.17) is 0 Å². The van der Waals surface area contributed by atoms with Gasteiger partial charge in [0.25, 0.3) is 5.91 Å². The quantitative estimate of drug-likeness (QED) is 0.823. The summed E-state index contributed by atoms with van der Waals surface area (Å²) in [5.74, 6) is 0.0489. The maximum absolute atomic E-state index is 11.6. The highest BCUT2D eigenvalue weighted by Gasteiger charge is 2.11. The van der Waals surface area contributed by atoms with E-state index in [1.54, 1.807) is 0 Å². The van der Waals surface area contributed by atoms with Crippen LogP contribution in [-0.2, 0) is 0 Å². The minimum Gasteiger partial charge on any atom is -0.349 e. The third kappa shape index (κ3) is 3.42. The zero-order chi connectivity index (χ0) is 10.4. The zero-order valence-corrected chi connectivity index (χ0v) is 10.5. The minimum atomic E-state index is 0.0489. The lowest BCUT2D eigenvalue weighted by molar-refractivity contribution is 0.0939. The first-order valence-electron chi connectivity index (χ1n) is 4.68. The molecular weight excluding hydrogens is 262 g/mol. The van der Waals surface area contributed by atoms with Gasteiger partial charge >= 0.3 is 0 Å². The van der Waals surface area contributed by atoms with Crippen LogP contribution in [0.4, 0.5) is 0 Å². The van der Waals surface area contributed by atoms with Crippen molar-refractivity contribution >= 4 is 33.2 Å². The van der Waals surface area contributed by atoms with E-state index in [1.165, 1.54) is 11.3 Å². The van der Waals surface area contributed by atoms with Crippen LogP contribution in [0, 0.1) is 0 Å². The number of carbonyl (C=O) groups is 1. The van der Waals surface area contributed by atoms with E-state index < -0.39 is 0 Å². The molecule has 1 aromatic heterocycles. The molecule has 1 N–H and O–H groups in total. The third-order valence-corrected chi connectivity index (χ3v) is 3.36. The molecule has 0 fully saturated rings. The van der Waals surface area contributed by atoms with Crippen molar-refractivity contribution in [3.63, 3.8) is 0 Å². The van der Waals surface area contributed by atoms with Crippen LogP contribution >= 0.6 is 27.3 Å². The van der Waals surface area contributed by atoms with Crippen molar-refractivity contribution in [2.75, 3.05) is 5.33 Å². The van der Waals surface area contributed by atoms with Crippen LogP contribution in [0.15, 0.2) is 17.5 Å². The Morgan fingerprint density at radius 2 is 2.50 bits per heavy atom. The molecular formula is C10H14BrNOS. The van der Waals surface area contributed by atoms with E-state index in [9.17, 15) is 4.79 Å². The summed E-state index contributed by atoms with van der Waals surface area (Å²) in [5.41, 5.74) is 0. The van der Waals surface area contributed by atoms with Gasteiger partial charge in [-0.15, -0.1) is 11.3 Å². The predicted octanol–water partition coefficient (Wildman–Crippen LogP) is 3.04. The lowest BCUT2D eigenvalue weighted by Crippen LogP contribution is -2.34. The lowest BCUT2D eigenvalue weighted by Gasteiger charge is -2.14. The zero-order valence-electron chi connectivity index (χ0n) is 8.13. The van der Waals surface area contributed by atoms with Gasteiger partial charge in [-0.1, -0.05) is 28.9 Å². The van der Waals surface area contributed by atoms with Crippen LogP contribution < -0.4 is 5.32 Å². The number of rotatable bonds is 5. The number of alkyl halides is 1. The SMILES string of the molecule is CCC(CCBr)NC(=O)c1cccs1. The second-order valence-electron chi connectivity index (χ2n) is 3.03. The highest BCUT2D eigenvalue weighted by atomic mass is 79.9. The number of carbonyl (C=O) groups excluding carboxylic acids is 1. The molecule has 0 aliphatic carbocycles. The summed E-state index contributed by atoms with van der Waals surface area (Å²) in [6.07, 6.45) is 1.95. The number of nitrogens with one attached hydrogen (secondary N) is 1. The molecule has 1 heterocycles. The van der Waals surface area contributed by atoms with E-state index >= 15 is 0 Å². The first kappa shape index (κ1) is 11.7. The van der Waals surface area contributed by atoms with Crippen molar-refractivity contribution in [3.05, 3.63) is 22.4 Å². The summed E-state index contributed by atoms with van der Waals surface area (Å²) in [5, 5.41) is 5.86. The van der Waals surface area contributed by atoms with Gasteiger partial charge in [0.2, 0.25) is 0 Å². The maximum atomic E-state index is 11.6. The Morgan fingerprint density at radius 1 is 1.71 bits per heavy atom. The summed E-state index contributed by atoms with van der Waals surface area (Å²) >= 11 is 4.86. The van der Waals surface area contributed by atoms with Gasteiger partial charge in [0.1, 0.15) is 0 Å². The summed E-state index contributed by atoms with van der Waals surface area (Å²) in [7, 11) is 0. The number of halogens is 1. The Hall–Kier alpha value is -0.350. The van der Waals surface area contributed by atoms with Gasteiger partial charge in [-0.25, -0.2) is 0 Å². The van der Waals surface area contributed by atoms with E-state index in [2.05, 4.69) is 28.2 Å². The van der Waals surface area contributed by atoms with Crippen LogP contribution in [0.5, 0.6) is 0 Å². The van der Waals surface area contributed by atoms with Crippen molar-refractivity contribution in [1.82, 2.24) is 5.32 Å². The van der Waals surface area contributed by atoms with Crippen molar-refractivity contribution in [1.29, 1.82) is 0 Å². The molecule has 0 aliphatic heterocycles. The van der Waals surface area contributed by atoms with Gasteiger partial charge in [-0.3, -0.25) is 4.79 Å². The fourth-order valence-electron chi connectivity index (χ4n) is 1.17. The van der Waals surface area contributed by atoms with E-state index in [1.807, 2.05) is 17.5 Å². The van der Waals surface area contributed by atoms with Gasteiger partial charge in [-0.05, 0) is 24.3 Å². The maximum Gasteiger partial charge on any atom is 0.261 e. The molecule has 1 unspecified atom stereocenters. The fourth-order valence-corrected chi connectivity index (χ4v) is 2.35. The molecule has 0 bridgehead atoms. The Bertz CT molecular complexity index is 274. The first-order chi connectivity index (χ1) is 6.77. The van der Waals surface area contributed by atoms with Crippen LogP contribution in [0.1, 0.15) is 29.4 Å². The Kier molecular flexibility index (Phi) is 5.19. The average molecular weight is 276 g/mol. The molecule has 14 heavy (non-hydrogen) atoms. The molecule has 78 valence electrons. The molecule has 2 nitrogen and oxygen atoms in total. The van der Waals surface area contributed by atoms with Crippen LogP contribution in [0.25, 0.3) is 0 Å². The van der Waals surface area contributed by atoms with Gasteiger partial charge in [-0.2, -0.15) is 0 Å². The van der Waals surface area contributed by atoms with Crippen LogP contribution in [-0.4, -0.2) is 17.3 Å². The average Bonchev–Trinajstić information content (AvgIpc) is 2.69. The molecule has 1 aromatic rings. The van der Waals surface area contributed by atoms with Crippen LogP contribution in [0.3, 0.4) is 0 Å². The number of hydrogen-bond donors (Lipinski definition) is 1. The van der Waals surface area contributed by atoms with Gasteiger partial charge < -0.3 is 5.32 Å². The summed E-state index contributed by atoms with van der Waals surface area (Å²) in [4.78, 5) is 12.4. The number of thiophene rings is 1. The Balaban J connectivity index is 2.47. The second-order valence-corrected chi connectivity index (χ2v) is 4.77. The standard InChI is InChI=1S/C10H14BrNOS/c1-2-8(5-6-11)12-10(13)9-4-3-7-14-9/h3-4,7-8H,2,5-6H2,1H3,(H,12,13). The molecule has 4 heteroatoms. The van der Waals surface area contributed by atoms with Crippen LogP contribution in [0.2, 0.25) is 0 Å². The van der Waals surface area contributed by atoms with Gasteiger partial charge in [0.05, 0.1) is 4.88 Å². The summed E-state index contributed by atoms with van der Waals surface area (Å²) < 4.78 is 0. The molecule has 0 aliphatic rings. The molecule has 1 rings (SSSR count). The highest BCUT2D eigenvalue weighted by molar-refractivity contribution is 9.09. The molecule has 0 spiro atoms. The first-order valence-corrected chi connectivity index (χ1v) is 6.68. The van der Waals surface area contributed by atoms with Crippen molar-refractivity contribution in [2.45, 2.75) is 25.8 Å². The molecule has 1 atom stereocenters. The predicted molar refractivity (Wildman–Crippen MR) is 64.3 cm³/mol. The third-order valence-electron chi connectivity index (χ3n) is 2.03. The largest absolute Gasteiger partial charge is 0.349 e. The lowest BCUT2D eigenvalue weighted by atomic mass is 10.2. The van der Waals surface area contributed by atoms with Gasteiger partial charge in [0.15, 0.2) is 0 Å².